The zero-order valence-corrected chi connectivity index (χ0v) is 77.8. The molecule has 5 aliphatic heterocycles. The fourth-order valence-corrected chi connectivity index (χ4v) is 15.5. The van der Waals surface area contributed by atoms with E-state index in [1.54, 1.807) is 177 Å². The zero-order chi connectivity index (χ0) is 96.4. The molecular weight excluding hydrogens is 1770 g/mol. The molecule has 10 aromatic rings. The van der Waals surface area contributed by atoms with Gasteiger partial charge in [-0.2, -0.15) is 0 Å². The van der Waals surface area contributed by atoms with E-state index in [0.29, 0.717) is 67.4 Å². The van der Waals surface area contributed by atoms with Crippen LogP contribution in [0.5, 0.6) is 23.0 Å². The second kappa shape index (κ2) is 44.5. The van der Waals surface area contributed by atoms with Gasteiger partial charge in [0, 0.05) is 207 Å². The van der Waals surface area contributed by atoms with Crippen molar-refractivity contribution >= 4 is 150 Å². The van der Waals surface area contributed by atoms with Gasteiger partial charge >= 0.3 is 24.4 Å². The van der Waals surface area contributed by atoms with Crippen molar-refractivity contribution in [3.05, 3.63) is 215 Å². The molecule has 15 rings (SSSR count). The first-order chi connectivity index (χ1) is 64.0. The Bertz CT molecular complexity index is 6100. The van der Waals surface area contributed by atoms with Gasteiger partial charge in [-0.15, -0.1) is 23.2 Å². The van der Waals surface area contributed by atoms with Crippen molar-refractivity contribution in [2.75, 3.05) is 153 Å². The lowest BCUT2D eigenvalue weighted by Gasteiger charge is -2.28. The first-order valence-electron chi connectivity index (χ1n) is 43.0. The van der Waals surface area contributed by atoms with Crippen LogP contribution in [-0.4, -0.2) is 264 Å². The summed E-state index contributed by atoms with van der Waals surface area (Å²) in [6.07, 6.45) is 11.1. The highest BCUT2D eigenvalue weighted by Crippen LogP contribution is 2.49. The molecule has 0 bridgehead atoms. The number of hydrogen-bond acceptors (Lipinski definition) is 24. The van der Waals surface area contributed by atoms with Crippen LogP contribution in [0.15, 0.2) is 170 Å². The molecule has 0 spiro atoms. The van der Waals surface area contributed by atoms with Gasteiger partial charge in [0.25, 0.3) is 47.3 Å². The first-order valence-corrected chi connectivity index (χ1v) is 44.1. The average molecular weight is 1880 g/mol. The van der Waals surface area contributed by atoms with E-state index in [1.807, 2.05) is 55.6 Å². The summed E-state index contributed by atoms with van der Waals surface area (Å²) in [4.78, 5) is 172. The number of aryl methyl sites for hydroxylation is 2. The van der Waals surface area contributed by atoms with Crippen LogP contribution < -0.4 is 44.7 Å². The molecule has 6 aromatic carbocycles. The highest BCUT2D eigenvalue weighted by molar-refractivity contribution is 6.21. The minimum absolute atomic E-state index is 0.0316. The summed E-state index contributed by atoms with van der Waals surface area (Å²) in [6, 6.07) is 34.6. The number of aliphatic hydroxyl groups is 1. The topological polar surface area (TPSA) is 402 Å². The Balaban J connectivity index is 0.000000214. The Morgan fingerprint density at radius 1 is 0.522 bits per heavy atom. The second-order valence-corrected chi connectivity index (χ2v) is 34.3. The van der Waals surface area contributed by atoms with Gasteiger partial charge in [-0.25, -0.2) is 29.1 Å². The van der Waals surface area contributed by atoms with Gasteiger partial charge in [0.1, 0.15) is 56.9 Å². The molecule has 706 valence electrons. The molecule has 0 radical (unpaired) electrons. The summed E-state index contributed by atoms with van der Waals surface area (Å²) in [5.41, 5.74) is 6.03. The van der Waals surface area contributed by atoms with Crippen molar-refractivity contribution in [1.82, 2.24) is 48.6 Å². The van der Waals surface area contributed by atoms with Crippen LogP contribution in [0.3, 0.4) is 0 Å². The van der Waals surface area contributed by atoms with E-state index in [-0.39, 0.29) is 149 Å². The van der Waals surface area contributed by atoms with Crippen LogP contribution in [0, 0.1) is 13.8 Å². The van der Waals surface area contributed by atoms with E-state index >= 15 is 0 Å². The highest BCUT2D eigenvalue weighted by atomic mass is 35.5. The van der Waals surface area contributed by atoms with Crippen molar-refractivity contribution in [3.8, 4) is 23.0 Å². The van der Waals surface area contributed by atoms with Crippen molar-refractivity contribution < 1.29 is 105 Å². The molecule has 4 N–H and O–H groups in total. The number of fused-ring (bicyclic) bond motifs is 8. The molecule has 2 atom stereocenters. The standard InChI is InChI=1S/C46H48ClN7O10.C42H47ClN6O9.C4H3NO2.C4H8O/c1-28-8-7-9-33-36(63-45(60)51(20-21-53-38(55)16-17-39(53)56)19-18-50(5)44(59)64-46(2,3)4)22-35-41(40(28)33)30(23-47)24-54(35)43(58)34-26-52-25-31(12-15-37(52)49-34)48-42(57)29-10-13-32(14-11-29)62-27-61-6;1-26-8-7-9-31-34(57-41(54)47(18-19-50)17-16-46(5)40(53)58-42(2,3)4)20-33-37(36(26)31)28(21-43)22-49(33)39(52)32-24-48-23-29(12-15-35(48)45-32)44-38(51)27-10-13-30(14-11-27)56-25-55-6;6-3-1-2-4(7)5-3;1-2-4-5-3-1/h7-17,22,25-26,30H,18-21,23-24,27H2,1-6H3,(H,48,57);7-15,20,23-24,28,50H,16-19,21-22,25H2,1-6H3,(H,44,51);1-2H,(H,5,6,7);1-4H2/t30-;28-;;/m11../s1. The van der Waals surface area contributed by atoms with E-state index in [1.165, 1.54) is 65.9 Å². The largest absolute Gasteiger partial charge is 0.468 e. The van der Waals surface area contributed by atoms with Gasteiger partial charge in [-0.1, -0.05) is 36.4 Å². The lowest BCUT2D eigenvalue weighted by atomic mass is 9.92. The number of hydrogen-bond donors (Lipinski definition) is 4. The fraction of sp³-hybridized carbons (Fsp3) is 0.354. The van der Waals surface area contributed by atoms with Crippen LogP contribution in [0.4, 0.5) is 41.9 Å². The molecular formula is C96H106Cl2N14O22. The number of imide groups is 2. The number of carbonyl (C=O) groups is 12. The van der Waals surface area contributed by atoms with Crippen LogP contribution in [0.25, 0.3) is 32.8 Å². The maximum Gasteiger partial charge on any atom is 0.415 e. The molecule has 9 heterocycles. The van der Waals surface area contributed by atoms with Gasteiger partial charge in [0.2, 0.25) is 0 Å². The van der Waals surface area contributed by atoms with Crippen LogP contribution in [-0.2, 0) is 42.9 Å². The number of ether oxygens (including phenoxy) is 9. The summed E-state index contributed by atoms with van der Waals surface area (Å²) in [5, 5.41) is 20.4. The first kappa shape index (κ1) is 99.0. The van der Waals surface area contributed by atoms with Crippen LogP contribution >= 0.6 is 23.2 Å². The number of nitrogens with one attached hydrogen (secondary N) is 3. The number of imidazole rings is 2. The summed E-state index contributed by atoms with van der Waals surface area (Å²) >= 11 is 13.2. The fourth-order valence-electron chi connectivity index (χ4n) is 15.0. The Labute approximate surface area is 782 Å². The van der Waals surface area contributed by atoms with Crippen molar-refractivity contribution in [2.24, 2.45) is 0 Å². The predicted molar refractivity (Wildman–Crippen MR) is 500 cm³/mol. The number of amides is 12. The second-order valence-electron chi connectivity index (χ2n) is 33.7. The lowest BCUT2D eigenvalue weighted by Crippen LogP contribution is -2.46. The number of alkyl halides is 2. The Morgan fingerprint density at radius 3 is 1.29 bits per heavy atom. The molecule has 38 heteroatoms. The molecule has 134 heavy (non-hydrogen) atoms. The molecule has 4 aromatic heterocycles. The minimum atomic E-state index is -0.812. The number of aliphatic hydroxyl groups excluding tert-OH is 1. The quantitative estimate of drug-likeness (QED) is 0.0211. The Kier molecular flexibility index (Phi) is 32.8. The van der Waals surface area contributed by atoms with Gasteiger partial charge in [-0.05, 0) is 174 Å². The summed E-state index contributed by atoms with van der Waals surface area (Å²) in [5.74, 6) is -1.77. The monoisotopic (exact) mass is 1880 g/mol. The number of pyridine rings is 2. The van der Waals surface area contributed by atoms with Crippen LogP contribution in [0.2, 0.25) is 0 Å². The summed E-state index contributed by atoms with van der Waals surface area (Å²) in [6.45, 7) is 16.7. The van der Waals surface area contributed by atoms with Gasteiger partial charge in [-0.3, -0.25) is 48.6 Å². The van der Waals surface area contributed by atoms with Crippen molar-refractivity contribution in [1.29, 1.82) is 0 Å². The number of aromatic nitrogens is 4. The third-order valence-corrected chi connectivity index (χ3v) is 22.3. The van der Waals surface area contributed by atoms with Gasteiger partial charge < -0.3 is 96.6 Å². The number of anilines is 4. The molecule has 5 aliphatic rings. The highest BCUT2D eigenvalue weighted by Gasteiger charge is 2.40. The predicted octanol–water partition coefficient (Wildman–Crippen LogP) is 13.3. The summed E-state index contributed by atoms with van der Waals surface area (Å²) in [7, 11) is 6.14. The number of methoxy groups -OCH3 is 2. The van der Waals surface area contributed by atoms with E-state index in [0.717, 1.165) is 63.3 Å². The average Bonchev–Trinajstić information content (AvgIpc) is 1.57. The summed E-state index contributed by atoms with van der Waals surface area (Å²) < 4.78 is 52.0. The molecule has 36 nitrogen and oxygen atoms in total. The SMILES string of the molecule is C1CCOC1.COCOc1ccc(C(=O)Nc2ccc3nc(C(=O)N4C[C@@H](CCl)c5c4cc(OC(=O)N(CCN(C)C(=O)OC(C)(C)C)CCN4C(=O)C=CC4=O)c4cccc(C)c54)cn3c2)cc1.COCOc1ccc(C(=O)Nc2ccc3nc(C(=O)N4C[C@@H](CCl)c5c4cc(OC(=O)N(CCO)CCN(C)C(=O)OC(C)(C)C)c4cccc(C)c54)cn3c2)cc1.O=C1C=CC(=O)N1. The van der Waals surface area contributed by atoms with E-state index < -0.39 is 59.2 Å². The Morgan fingerprint density at radius 2 is 0.933 bits per heavy atom. The molecule has 0 saturated carbocycles. The number of halogens is 2. The van der Waals surface area contributed by atoms with Gasteiger partial charge in [0.15, 0.2) is 13.6 Å². The third-order valence-electron chi connectivity index (χ3n) is 21.6. The maximum atomic E-state index is 14.5. The number of benzene rings is 6. The maximum absolute atomic E-state index is 14.5. The van der Waals surface area contributed by atoms with Crippen molar-refractivity contribution in [2.45, 2.75) is 91.3 Å². The number of likely N-dealkylation sites (N-methyl/N-ethyl adjacent to an activating group) is 2. The van der Waals surface area contributed by atoms with Gasteiger partial charge in [0.05, 0.1) is 29.4 Å². The normalized spacial score (nSPS) is 14.7. The van der Waals surface area contributed by atoms with E-state index in [4.69, 9.17) is 65.8 Å². The number of rotatable bonds is 27. The lowest BCUT2D eigenvalue weighted by molar-refractivity contribution is -0.137. The molecule has 1 saturated heterocycles. The van der Waals surface area contributed by atoms with E-state index in [2.05, 4.69) is 20.6 Å². The van der Waals surface area contributed by atoms with Crippen molar-refractivity contribution in [3.63, 3.8) is 0 Å². The number of nitrogens with zero attached hydrogens (tertiary/aromatic N) is 11. The van der Waals surface area contributed by atoms with Crippen LogP contribution in [0.1, 0.15) is 130 Å². The smallest absolute Gasteiger partial charge is 0.415 e. The Hall–Kier alpha value is -14.0. The third kappa shape index (κ3) is 24.8. The molecule has 0 unspecified atom stereocenters. The zero-order valence-electron chi connectivity index (χ0n) is 76.2. The minimum Gasteiger partial charge on any atom is -0.468 e. The van der Waals surface area contributed by atoms with E-state index in [9.17, 15) is 62.6 Å². The molecule has 1 fully saturated rings. The number of carbonyl (C=O) groups excluding carboxylic acids is 12. The molecule has 0 aliphatic carbocycles. The molecule has 12 amide bonds.